The number of aliphatic hydroxyl groups is 1. The molecule has 1 atom stereocenters. The average Bonchev–Trinajstić information content (AvgIpc) is 2.27. The van der Waals surface area contributed by atoms with Gasteiger partial charge in [0, 0.05) is 10.9 Å². The molecule has 0 aliphatic carbocycles. The molecule has 0 aliphatic rings. The highest BCUT2D eigenvalue weighted by Gasteiger charge is 2.03. The Kier molecular flexibility index (Phi) is 5.68. The third kappa shape index (κ3) is 4.64. The van der Waals surface area contributed by atoms with E-state index < -0.39 is 0 Å². The second-order valence-electron chi connectivity index (χ2n) is 3.26. The molecule has 1 unspecified atom stereocenters. The number of thioether (sulfide) groups is 1. The Morgan fingerprint density at radius 2 is 2.07 bits per heavy atom. The lowest BCUT2D eigenvalue weighted by Gasteiger charge is -2.11. The van der Waals surface area contributed by atoms with Crippen molar-refractivity contribution < 1.29 is 9.50 Å². The van der Waals surface area contributed by atoms with Crippen molar-refractivity contribution in [3.05, 3.63) is 30.1 Å². The predicted molar refractivity (Wildman–Crippen MR) is 61.7 cm³/mol. The maximum Gasteiger partial charge on any atom is 0.123 e. The molecule has 0 saturated heterocycles. The van der Waals surface area contributed by atoms with E-state index in [1.807, 2.05) is 7.05 Å². The average molecular weight is 229 g/mol. The first kappa shape index (κ1) is 12.5. The van der Waals surface area contributed by atoms with Gasteiger partial charge in [0.15, 0.2) is 0 Å². The molecular formula is C11H16FNOS. The molecule has 0 aromatic heterocycles. The molecule has 84 valence electrons. The Balaban J connectivity index is 2.28. The summed E-state index contributed by atoms with van der Waals surface area (Å²) in [4.78, 5) is 1.06. The number of halogens is 1. The molecule has 4 heteroatoms. The van der Waals surface area contributed by atoms with Crippen LogP contribution in [0.15, 0.2) is 29.2 Å². The lowest BCUT2D eigenvalue weighted by molar-refractivity contribution is 0.246. The lowest BCUT2D eigenvalue weighted by Crippen LogP contribution is -2.29. The van der Waals surface area contributed by atoms with Crippen molar-refractivity contribution in [3.8, 4) is 0 Å². The van der Waals surface area contributed by atoms with Crippen molar-refractivity contribution in [2.24, 2.45) is 0 Å². The van der Waals surface area contributed by atoms with Gasteiger partial charge in [0.1, 0.15) is 5.82 Å². The van der Waals surface area contributed by atoms with Crippen LogP contribution in [0.3, 0.4) is 0 Å². The van der Waals surface area contributed by atoms with E-state index in [1.54, 1.807) is 23.9 Å². The topological polar surface area (TPSA) is 32.3 Å². The summed E-state index contributed by atoms with van der Waals surface area (Å²) in [5.41, 5.74) is 0. The number of nitrogens with one attached hydrogen (secondary N) is 1. The number of hydrogen-bond donors (Lipinski definition) is 2. The molecule has 2 N–H and O–H groups in total. The molecular weight excluding hydrogens is 213 g/mol. The van der Waals surface area contributed by atoms with Gasteiger partial charge < -0.3 is 10.4 Å². The van der Waals surface area contributed by atoms with Gasteiger partial charge >= 0.3 is 0 Å². The Labute approximate surface area is 93.9 Å². The molecule has 0 fully saturated rings. The molecule has 1 aromatic carbocycles. The van der Waals surface area contributed by atoms with E-state index in [-0.39, 0.29) is 18.5 Å². The summed E-state index contributed by atoms with van der Waals surface area (Å²) >= 11 is 1.67. The monoisotopic (exact) mass is 229 g/mol. The van der Waals surface area contributed by atoms with Crippen LogP contribution in [0.1, 0.15) is 6.42 Å². The SMILES string of the molecule is CNC(CO)CCSc1ccc(F)cc1. The maximum absolute atomic E-state index is 12.6. The third-order valence-electron chi connectivity index (χ3n) is 2.18. The largest absolute Gasteiger partial charge is 0.395 e. The van der Waals surface area contributed by atoms with E-state index in [2.05, 4.69) is 5.32 Å². The van der Waals surface area contributed by atoms with Crippen LogP contribution < -0.4 is 5.32 Å². The number of aliphatic hydroxyl groups excluding tert-OH is 1. The third-order valence-corrected chi connectivity index (χ3v) is 3.22. The molecule has 0 bridgehead atoms. The van der Waals surface area contributed by atoms with E-state index in [1.165, 1.54) is 12.1 Å². The van der Waals surface area contributed by atoms with Crippen LogP contribution in [0, 0.1) is 5.82 Å². The van der Waals surface area contributed by atoms with Gasteiger partial charge in [-0.3, -0.25) is 0 Å². The van der Waals surface area contributed by atoms with Gasteiger partial charge in [0.05, 0.1) is 6.61 Å². The van der Waals surface area contributed by atoms with Gasteiger partial charge in [0.2, 0.25) is 0 Å². The molecule has 0 heterocycles. The van der Waals surface area contributed by atoms with E-state index in [4.69, 9.17) is 5.11 Å². The molecule has 1 aromatic rings. The van der Waals surface area contributed by atoms with Crippen LogP contribution in [-0.4, -0.2) is 30.6 Å². The molecule has 0 spiro atoms. The van der Waals surface area contributed by atoms with E-state index in [0.29, 0.717) is 0 Å². The van der Waals surface area contributed by atoms with Crippen LogP contribution in [0.2, 0.25) is 0 Å². The van der Waals surface area contributed by atoms with Gasteiger partial charge in [0.25, 0.3) is 0 Å². The van der Waals surface area contributed by atoms with Crippen LogP contribution in [0.25, 0.3) is 0 Å². The molecule has 1 rings (SSSR count). The second-order valence-corrected chi connectivity index (χ2v) is 4.43. The first-order valence-corrected chi connectivity index (χ1v) is 5.91. The highest BCUT2D eigenvalue weighted by atomic mass is 32.2. The highest BCUT2D eigenvalue weighted by Crippen LogP contribution is 2.19. The zero-order valence-corrected chi connectivity index (χ0v) is 9.56. The standard InChI is InChI=1S/C11H16FNOS/c1-13-10(8-14)6-7-15-11-4-2-9(12)3-5-11/h2-5,10,13-14H,6-8H2,1H3. The Morgan fingerprint density at radius 1 is 1.40 bits per heavy atom. The van der Waals surface area contributed by atoms with Crippen LogP contribution >= 0.6 is 11.8 Å². The van der Waals surface area contributed by atoms with Crippen LogP contribution in [0.5, 0.6) is 0 Å². The molecule has 0 saturated carbocycles. The van der Waals surface area contributed by atoms with Crippen molar-refractivity contribution in [2.75, 3.05) is 19.4 Å². The van der Waals surface area contributed by atoms with Crippen molar-refractivity contribution >= 4 is 11.8 Å². The fourth-order valence-electron chi connectivity index (χ4n) is 1.18. The van der Waals surface area contributed by atoms with Crippen LogP contribution in [-0.2, 0) is 0 Å². The molecule has 0 radical (unpaired) electrons. The number of benzene rings is 1. The molecule has 0 amide bonds. The molecule has 15 heavy (non-hydrogen) atoms. The summed E-state index contributed by atoms with van der Waals surface area (Å²) in [7, 11) is 1.84. The van der Waals surface area contributed by atoms with Crippen molar-refractivity contribution in [2.45, 2.75) is 17.4 Å². The minimum Gasteiger partial charge on any atom is -0.395 e. The summed E-state index contributed by atoms with van der Waals surface area (Å²) in [6, 6.07) is 6.62. The Morgan fingerprint density at radius 3 is 2.60 bits per heavy atom. The van der Waals surface area contributed by atoms with Gasteiger partial charge in [-0.25, -0.2) is 4.39 Å². The number of rotatable bonds is 6. The summed E-state index contributed by atoms with van der Waals surface area (Å²) in [6.45, 7) is 0.153. The summed E-state index contributed by atoms with van der Waals surface area (Å²) in [6.07, 6.45) is 0.898. The van der Waals surface area contributed by atoms with Gasteiger partial charge in [-0.1, -0.05) is 0 Å². The van der Waals surface area contributed by atoms with Crippen molar-refractivity contribution in [1.82, 2.24) is 5.32 Å². The summed E-state index contributed by atoms with van der Waals surface area (Å²) in [5.74, 6) is 0.709. The second kappa shape index (κ2) is 6.82. The van der Waals surface area contributed by atoms with E-state index in [9.17, 15) is 4.39 Å². The predicted octanol–water partition coefficient (Wildman–Crippen LogP) is 1.89. The minimum absolute atomic E-state index is 0.151. The smallest absolute Gasteiger partial charge is 0.123 e. The van der Waals surface area contributed by atoms with Crippen molar-refractivity contribution in [1.29, 1.82) is 0 Å². The van der Waals surface area contributed by atoms with Gasteiger partial charge in [-0.05, 0) is 43.5 Å². The normalized spacial score (nSPS) is 12.7. The fraction of sp³-hybridized carbons (Fsp3) is 0.455. The first-order valence-electron chi connectivity index (χ1n) is 4.92. The Hall–Kier alpha value is -0.580. The number of likely N-dealkylation sites (N-methyl/N-ethyl adjacent to an activating group) is 1. The quantitative estimate of drug-likeness (QED) is 0.731. The summed E-state index contributed by atoms with van der Waals surface area (Å²) in [5, 5.41) is 12.0. The maximum atomic E-state index is 12.6. The molecule has 2 nitrogen and oxygen atoms in total. The first-order chi connectivity index (χ1) is 7.26. The fourth-order valence-corrected chi connectivity index (χ4v) is 2.14. The van der Waals surface area contributed by atoms with Crippen molar-refractivity contribution in [3.63, 3.8) is 0 Å². The molecule has 0 aliphatic heterocycles. The zero-order valence-electron chi connectivity index (χ0n) is 8.74. The lowest BCUT2D eigenvalue weighted by atomic mass is 10.2. The minimum atomic E-state index is -0.206. The van der Waals surface area contributed by atoms with Crippen LogP contribution in [0.4, 0.5) is 4.39 Å². The Bertz CT molecular complexity index is 274. The van der Waals surface area contributed by atoms with Gasteiger partial charge in [-0.2, -0.15) is 0 Å². The highest BCUT2D eigenvalue weighted by molar-refractivity contribution is 7.99. The number of hydrogen-bond acceptors (Lipinski definition) is 3. The summed E-state index contributed by atoms with van der Waals surface area (Å²) < 4.78 is 12.6. The van der Waals surface area contributed by atoms with E-state index >= 15 is 0 Å². The van der Waals surface area contributed by atoms with E-state index in [0.717, 1.165) is 17.1 Å². The zero-order chi connectivity index (χ0) is 11.1. The van der Waals surface area contributed by atoms with Gasteiger partial charge in [-0.15, -0.1) is 11.8 Å².